The molecular formula is C24H31N7. The summed E-state index contributed by atoms with van der Waals surface area (Å²) in [6, 6.07) is 8.55. The fourth-order valence-corrected chi connectivity index (χ4v) is 4.93. The minimum atomic E-state index is -0.0256. The molecule has 7 nitrogen and oxygen atoms in total. The first-order valence-corrected chi connectivity index (χ1v) is 11.1. The Morgan fingerprint density at radius 1 is 1.10 bits per heavy atom. The van der Waals surface area contributed by atoms with Gasteiger partial charge in [-0.2, -0.15) is 0 Å². The van der Waals surface area contributed by atoms with Gasteiger partial charge in [-0.15, -0.1) is 0 Å². The SMILES string of the molecule is CC1C(C2=CN(C)C(N3CCC(N)CC3)N=C2c2ccc(N)cc2)=CC=C2N=CNC21. The number of benzene rings is 1. The molecule has 4 aliphatic rings. The predicted octanol–water partition coefficient (Wildman–Crippen LogP) is 2.05. The first-order valence-electron chi connectivity index (χ1n) is 11.1. The highest BCUT2D eigenvalue weighted by Crippen LogP contribution is 2.36. The van der Waals surface area contributed by atoms with Crippen LogP contribution in [0, 0.1) is 5.92 Å². The lowest BCUT2D eigenvalue weighted by molar-refractivity contribution is 0.0732. The molecule has 1 aromatic rings. The molecule has 3 heterocycles. The van der Waals surface area contributed by atoms with E-state index in [-0.39, 0.29) is 18.2 Å². The van der Waals surface area contributed by atoms with Crippen LogP contribution in [-0.4, -0.2) is 60.4 Å². The first kappa shape index (κ1) is 20.0. The highest BCUT2D eigenvalue weighted by molar-refractivity contribution is 6.16. The summed E-state index contributed by atoms with van der Waals surface area (Å²) in [5, 5.41) is 3.40. The maximum absolute atomic E-state index is 6.14. The van der Waals surface area contributed by atoms with Gasteiger partial charge in [0.05, 0.1) is 23.8 Å². The van der Waals surface area contributed by atoms with Gasteiger partial charge in [0.1, 0.15) is 0 Å². The number of nitrogens with zero attached hydrogens (tertiary/aromatic N) is 4. The van der Waals surface area contributed by atoms with Crippen molar-refractivity contribution in [2.45, 2.75) is 38.1 Å². The van der Waals surface area contributed by atoms with Crippen LogP contribution < -0.4 is 16.8 Å². The molecule has 1 fully saturated rings. The number of hydrogen-bond acceptors (Lipinski definition) is 7. The quantitative estimate of drug-likeness (QED) is 0.655. The third-order valence-electron chi connectivity index (χ3n) is 6.80. The highest BCUT2D eigenvalue weighted by atomic mass is 15.4. The minimum absolute atomic E-state index is 0.0256. The van der Waals surface area contributed by atoms with Gasteiger partial charge in [-0.25, -0.2) is 9.98 Å². The van der Waals surface area contributed by atoms with Gasteiger partial charge in [-0.1, -0.05) is 25.1 Å². The zero-order chi connectivity index (χ0) is 21.5. The number of fused-ring (bicyclic) bond motifs is 1. The Kier molecular flexibility index (Phi) is 5.16. The maximum atomic E-state index is 6.14. The van der Waals surface area contributed by atoms with E-state index in [2.05, 4.69) is 64.6 Å². The molecule has 5 rings (SSSR count). The van der Waals surface area contributed by atoms with E-state index in [1.165, 1.54) is 5.57 Å². The number of anilines is 1. The van der Waals surface area contributed by atoms with Crippen molar-refractivity contribution in [3.05, 3.63) is 65.0 Å². The van der Waals surface area contributed by atoms with Gasteiger partial charge in [-0.05, 0) is 36.6 Å². The molecule has 1 saturated heterocycles. The number of rotatable bonds is 3. The van der Waals surface area contributed by atoms with Crippen LogP contribution in [0.25, 0.3) is 0 Å². The van der Waals surface area contributed by atoms with Crippen LogP contribution in [0.2, 0.25) is 0 Å². The number of nitrogens with two attached hydrogens (primary N) is 2. The van der Waals surface area contributed by atoms with Gasteiger partial charge in [-0.3, -0.25) is 4.90 Å². The van der Waals surface area contributed by atoms with Gasteiger partial charge in [0.2, 0.25) is 0 Å². The largest absolute Gasteiger partial charge is 0.399 e. The molecule has 0 saturated carbocycles. The highest BCUT2D eigenvalue weighted by Gasteiger charge is 2.35. The van der Waals surface area contributed by atoms with Crippen LogP contribution in [0.3, 0.4) is 0 Å². The van der Waals surface area contributed by atoms with E-state index in [9.17, 15) is 0 Å². The smallest absolute Gasteiger partial charge is 0.178 e. The molecule has 5 N–H and O–H groups in total. The Bertz CT molecular complexity index is 993. The average Bonchev–Trinajstić information content (AvgIpc) is 3.25. The number of allylic oxidation sites excluding steroid dienone is 3. The Hall–Kier alpha value is -2.90. The molecule has 0 spiro atoms. The monoisotopic (exact) mass is 417 g/mol. The van der Waals surface area contributed by atoms with Gasteiger partial charge in [0, 0.05) is 55.1 Å². The number of nitrogen functional groups attached to an aromatic ring is 1. The predicted molar refractivity (Wildman–Crippen MR) is 127 cm³/mol. The Morgan fingerprint density at radius 2 is 1.84 bits per heavy atom. The van der Waals surface area contributed by atoms with Crippen LogP contribution in [0.1, 0.15) is 25.3 Å². The van der Waals surface area contributed by atoms with Crippen molar-refractivity contribution in [1.82, 2.24) is 15.1 Å². The lowest BCUT2D eigenvalue weighted by Gasteiger charge is -2.41. The summed E-state index contributed by atoms with van der Waals surface area (Å²) in [6.45, 7) is 4.18. The third kappa shape index (κ3) is 3.68. The van der Waals surface area contributed by atoms with Crippen molar-refractivity contribution in [1.29, 1.82) is 0 Å². The van der Waals surface area contributed by atoms with E-state index in [4.69, 9.17) is 16.5 Å². The number of piperidine rings is 1. The van der Waals surface area contributed by atoms with Crippen molar-refractivity contribution >= 4 is 17.7 Å². The number of aliphatic imine (C=N–C) groups is 2. The molecule has 3 unspecified atom stereocenters. The fraction of sp³-hybridized carbons (Fsp3) is 0.417. The normalized spacial score (nSPS) is 29.0. The zero-order valence-electron chi connectivity index (χ0n) is 18.2. The molecule has 1 aliphatic carbocycles. The third-order valence-corrected chi connectivity index (χ3v) is 6.80. The zero-order valence-corrected chi connectivity index (χ0v) is 18.2. The van der Waals surface area contributed by atoms with Crippen molar-refractivity contribution in [3.63, 3.8) is 0 Å². The van der Waals surface area contributed by atoms with Gasteiger partial charge >= 0.3 is 0 Å². The van der Waals surface area contributed by atoms with Gasteiger partial charge in [0.25, 0.3) is 0 Å². The Balaban J connectivity index is 1.54. The lowest BCUT2D eigenvalue weighted by atomic mass is 9.80. The number of likely N-dealkylation sites (tertiary alicyclic amines) is 1. The van der Waals surface area contributed by atoms with E-state index in [1.54, 1.807) is 6.34 Å². The summed E-state index contributed by atoms with van der Waals surface area (Å²) in [5.74, 6) is 0.283. The molecule has 31 heavy (non-hydrogen) atoms. The molecule has 7 heteroatoms. The molecule has 1 aromatic carbocycles. The molecule has 3 aliphatic heterocycles. The van der Waals surface area contributed by atoms with Crippen molar-refractivity contribution in [2.75, 3.05) is 25.9 Å². The topological polar surface area (TPSA) is 95.3 Å². The Morgan fingerprint density at radius 3 is 2.58 bits per heavy atom. The standard InChI is InChI=1S/C24H31N7/c1-15-19(7-8-21-22(15)28-14-27-21)20-13-30(2)24(31-11-9-18(26)10-12-31)29-23(20)16-3-5-17(25)6-4-16/h3-8,13-15,18,22,24H,9-12,25-26H2,1-2H3,(H,27,28). The van der Waals surface area contributed by atoms with Crippen molar-refractivity contribution < 1.29 is 0 Å². The molecule has 0 bridgehead atoms. The summed E-state index contributed by atoms with van der Waals surface area (Å²) < 4.78 is 0. The molecule has 0 aromatic heterocycles. The minimum Gasteiger partial charge on any atom is -0.399 e. The summed E-state index contributed by atoms with van der Waals surface area (Å²) >= 11 is 0. The summed E-state index contributed by atoms with van der Waals surface area (Å²) in [6.07, 6.45) is 10.4. The maximum Gasteiger partial charge on any atom is 0.178 e. The molecular weight excluding hydrogens is 386 g/mol. The lowest BCUT2D eigenvalue weighted by Crippen LogP contribution is -2.51. The van der Waals surface area contributed by atoms with Gasteiger partial charge in [0.15, 0.2) is 6.29 Å². The van der Waals surface area contributed by atoms with Crippen LogP contribution >= 0.6 is 0 Å². The van der Waals surface area contributed by atoms with Crippen LogP contribution in [0.5, 0.6) is 0 Å². The Labute approximate surface area is 183 Å². The summed E-state index contributed by atoms with van der Waals surface area (Å²) in [4.78, 5) is 14.4. The van der Waals surface area contributed by atoms with Crippen molar-refractivity contribution in [2.24, 2.45) is 21.6 Å². The summed E-state index contributed by atoms with van der Waals surface area (Å²) in [7, 11) is 2.12. The molecule has 162 valence electrons. The van der Waals surface area contributed by atoms with E-state index in [1.807, 2.05) is 12.1 Å². The van der Waals surface area contributed by atoms with E-state index in [0.29, 0.717) is 6.04 Å². The van der Waals surface area contributed by atoms with E-state index in [0.717, 1.165) is 54.2 Å². The second kappa shape index (κ2) is 7.98. The number of nitrogens with one attached hydrogen (secondary N) is 1. The fourth-order valence-electron chi connectivity index (χ4n) is 4.93. The molecule has 0 amide bonds. The van der Waals surface area contributed by atoms with Crippen molar-refractivity contribution in [3.8, 4) is 0 Å². The van der Waals surface area contributed by atoms with E-state index < -0.39 is 0 Å². The number of hydrogen-bond donors (Lipinski definition) is 3. The summed E-state index contributed by atoms with van der Waals surface area (Å²) in [5.41, 5.74) is 18.5. The van der Waals surface area contributed by atoms with Gasteiger partial charge < -0.3 is 21.7 Å². The first-order chi connectivity index (χ1) is 15.0. The van der Waals surface area contributed by atoms with E-state index >= 15 is 0 Å². The molecule has 0 radical (unpaired) electrons. The second-order valence-electron chi connectivity index (χ2n) is 8.93. The van der Waals surface area contributed by atoms with Crippen LogP contribution in [0.15, 0.2) is 69.4 Å². The average molecular weight is 418 g/mol. The second-order valence-corrected chi connectivity index (χ2v) is 8.93. The molecule has 3 atom stereocenters. The van der Waals surface area contributed by atoms with Crippen LogP contribution in [-0.2, 0) is 0 Å². The van der Waals surface area contributed by atoms with Crippen LogP contribution in [0.4, 0.5) is 5.69 Å².